The van der Waals surface area contributed by atoms with Crippen LogP contribution in [0.15, 0.2) is 0 Å². The summed E-state index contributed by atoms with van der Waals surface area (Å²) in [6.07, 6.45) is 29.6. The quantitative estimate of drug-likeness (QED) is 0.0380. The highest BCUT2D eigenvalue weighted by Crippen LogP contribution is 2.15. The van der Waals surface area contributed by atoms with E-state index in [-0.39, 0.29) is 31.1 Å². The molecule has 6 nitrogen and oxygen atoms in total. The van der Waals surface area contributed by atoms with Crippen molar-refractivity contribution in [2.24, 2.45) is 11.8 Å². The Hall–Kier alpha value is -1.59. The van der Waals surface area contributed by atoms with Crippen LogP contribution in [0.5, 0.6) is 0 Å². The van der Waals surface area contributed by atoms with E-state index < -0.39 is 6.10 Å². The molecule has 0 aliphatic carbocycles. The second kappa shape index (κ2) is 34.3. The Morgan fingerprint density at radius 3 is 1.04 bits per heavy atom. The third kappa shape index (κ3) is 35.5. The third-order valence-corrected chi connectivity index (χ3v) is 8.97. The normalized spacial score (nSPS) is 12.1. The van der Waals surface area contributed by atoms with E-state index in [1.165, 1.54) is 103 Å². The molecule has 0 radical (unpaired) electrons. The summed E-state index contributed by atoms with van der Waals surface area (Å²) in [7, 11) is 0. The first-order chi connectivity index (χ1) is 22.7. The van der Waals surface area contributed by atoms with Crippen LogP contribution in [-0.4, -0.2) is 37.2 Å². The SMILES string of the molecule is CCCCCCCCCC(=O)OC[C@@H](COC(=O)CCCCCCCCCCC(C)C)OC(=O)CCCCCCCCCCC(C)C. The van der Waals surface area contributed by atoms with Crippen LogP contribution in [0.2, 0.25) is 0 Å². The van der Waals surface area contributed by atoms with Gasteiger partial charge in [0.25, 0.3) is 0 Å². The van der Waals surface area contributed by atoms with Crippen molar-refractivity contribution in [3.8, 4) is 0 Å². The van der Waals surface area contributed by atoms with Crippen LogP contribution in [0.25, 0.3) is 0 Å². The highest BCUT2D eigenvalue weighted by molar-refractivity contribution is 5.71. The largest absolute Gasteiger partial charge is 0.462 e. The molecule has 0 unspecified atom stereocenters. The fourth-order valence-corrected chi connectivity index (χ4v) is 5.87. The standard InChI is InChI=1S/C41H78O6/c1-6-7-8-9-14-21-26-31-39(42)45-34-38(47-41(44)33-28-23-18-13-11-16-20-25-30-37(4)5)35-46-40(43)32-27-22-17-12-10-15-19-24-29-36(2)3/h36-38H,6-35H2,1-5H3/t38-/m0/s1. The molecule has 0 fully saturated rings. The van der Waals surface area contributed by atoms with Gasteiger partial charge >= 0.3 is 17.9 Å². The number of unbranched alkanes of at least 4 members (excludes halogenated alkanes) is 20. The van der Waals surface area contributed by atoms with Gasteiger partial charge < -0.3 is 14.2 Å². The summed E-state index contributed by atoms with van der Waals surface area (Å²) in [4.78, 5) is 37.4. The highest BCUT2D eigenvalue weighted by atomic mass is 16.6. The van der Waals surface area contributed by atoms with E-state index in [2.05, 4.69) is 34.6 Å². The van der Waals surface area contributed by atoms with Crippen LogP contribution in [-0.2, 0) is 28.6 Å². The topological polar surface area (TPSA) is 78.9 Å². The first kappa shape index (κ1) is 45.4. The van der Waals surface area contributed by atoms with Gasteiger partial charge in [0.15, 0.2) is 6.10 Å². The van der Waals surface area contributed by atoms with E-state index >= 15 is 0 Å². The molecule has 0 heterocycles. The lowest BCUT2D eigenvalue weighted by Gasteiger charge is -2.18. The molecule has 0 saturated heterocycles. The lowest BCUT2D eigenvalue weighted by molar-refractivity contribution is -0.167. The Labute approximate surface area is 291 Å². The fraction of sp³-hybridized carbons (Fsp3) is 0.927. The van der Waals surface area contributed by atoms with Gasteiger partial charge in [0.1, 0.15) is 13.2 Å². The van der Waals surface area contributed by atoms with Gasteiger partial charge in [-0.2, -0.15) is 0 Å². The van der Waals surface area contributed by atoms with Gasteiger partial charge in [-0.15, -0.1) is 0 Å². The summed E-state index contributed by atoms with van der Waals surface area (Å²) in [5, 5.41) is 0. The number of esters is 3. The van der Waals surface area contributed by atoms with Crippen molar-refractivity contribution in [1.29, 1.82) is 0 Å². The zero-order chi connectivity index (χ0) is 34.8. The maximum absolute atomic E-state index is 12.6. The first-order valence-corrected chi connectivity index (χ1v) is 20.2. The van der Waals surface area contributed by atoms with Crippen molar-refractivity contribution in [3.05, 3.63) is 0 Å². The summed E-state index contributed by atoms with van der Waals surface area (Å²) in [6.45, 7) is 11.2. The number of carbonyl (C=O) groups is 3. The second-order valence-corrected chi connectivity index (χ2v) is 14.9. The number of rotatable bonds is 35. The van der Waals surface area contributed by atoms with Crippen molar-refractivity contribution in [2.45, 2.75) is 221 Å². The van der Waals surface area contributed by atoms with Crippen molar-refractivity contribution < 1.29 is 28.6 Å². The Bertz CT molecular complexity index is 719. The molecule has 0 spiro atoms. The van der Waals surface area contributed by atoms with E-state index in [1.807, 2.05) is 0 Å². The molecule has 6 heteroatoms. The summed E-state index contributed by atoms with van der Waals surface area (Å²) in [5.74, 6) is 0.716. The smallest absolute Gasteiger partial charge is 0.306 e. The Morgan fingerprint density at radius 2 is 0.702 bits per heavy atom. The van der Waals surface area contributed by atoms with Gasteiger partial charge in [-0.3, -0.25) is 14.4 Å². The van der Waals surface area contributed by atoms with Gasteiger partial charge in [0.05, 0.1) is 0 Å². The molecule has 0 aromatic heterocycles. The minimum absolute atomic E-state index is 0.0670. The summed E-state index contributed by atoms with van der Waals surface area (Å²) < 4.78 is 16.6. The van der Waals surface area contributed by atoms with Crippen LogP contribution in [0.3, 0.4) is 0 Å². The van der Waals surface area contributed by atoms with Gasteiger partial charge in [0, 0.05) is 19.3 Å². The molecule has 0 bridgehead atoms. The minimum Gasteiger partial charge on any atom is -0.462 e. The molecule has 0 N–H and O–H groups in total. The Kier molecular flexibility index (Phi) is 33.1. The Morgan fingerprint density at radius 1 is 0.404 bits per heavy atom. The number of hydrogen-bond acceptors (Lipinski definition) is 6. The molecule has 0 amide bonds. The molecule has 0 saturated carbocycles. The summed E-state index contributed by atoms with van der Waals surface area (Å²) in [6, 6.07) is 0. The van der Waals surface area contributed by atoms with Crippen LogP contribution in [0.1, 0.15) is 214 Å². The van der Waals surface area contributed by atoms with E-state index in [0.717, 1.165) is 69.6 Å². The van der Waals surface area contributed by atoms with Crippen LogP contribution >= 0.6 is 0 Å². The maximum atomic E-state index is 12.6. The number of carbonyl (C=O) groups excluding carboxylic acids is 3. The molecule has 0 aromatic rings. The molecular formula is C41H78O6. The molecule has 0 aliphatic rings. The molecule has 47 heavy (non-hydrogen) atoms. The van der Waals surface area contributed by atoms with Gasteiger partial charge in [-0.05, 0) is 31.1 Å². The second-order valence-electron chi connectivity index (χ2n) is 14.9. The lowest BCUT2D eigenvalue weighted by atomic mass is 10.0. The fourth-order valence-electron chi connectivity index (χ4n) is 5.87. The first-order valence-electron chi connectivity index (χ1n) is 20.2. The minimum atomic E-state index is -0.758. The van der Waals surface area contributed by atoms with Crippen LogP contribution in [0, 0.1) is 11.8 Å². The highest BCUT2D eigenvalue weighted by Gasteiger charge is 2.19. The van der Waals surface area contributed by atoms with Crippen molar-refractivity contribution in [1.82, 2.24) is 0 Å². The Balaban J connectivity index is 4.33. The van der Waals surface area contributed by atoms with E-state index in [4.69, 9.17) is 14.2 Å². The van der Waals surface area contributed by atoms with E-state index in [0.29, 0.717) is 19.3 Å². The monoisotopic (exact) mass is 667 g/mol. The summed E-state index contributed by atoms with van der Waals surface area (Å²) in [5.41, 5.74) is 0. The van der Waals surface area contributed by atoms with Crippen molar-refractivity contribution in [3.63, 3.8) is 0 Å². The lowest BCUT2D eigenvalue weighted by Crippen LogP contribution is -2.30. The number of ether oxygens (including phenoxy) is 3. The maximum Gasteiger partial charge on any atom is 0.306 e. The predicted molar refractivity (Wildman–Crippen MR) is 196 cm³/mol. The van der Waals surface area contributed by atoms with Gasteiger partial charge in [-0.25, -0.2) is 0 Å². The van der Waals surface area contributed by atoms with E-state index in [1.54, 1.807) is 0 Å². The molecule has 0 rings (SSSR count). The zero-order valence-corrected chi connectivity index (χ0v) is 31.9. The molecule has 0 aromatic carbocycles. The molecule has 278 valence electrons. The predicted octanol–water partition coefficient (Wildman–Crippen LogP) is 12.2. The summed E-state index contributed by atoms with van der Waals surface area (Å²) >= 11 is 0. The van der Waals surface area contributed by atoms with Crippen LogP contribution < -0.4 is 0 Å². The van der Waals surface area contributed by atoms with Crippen LogP contribution in [0.4, 0.5) is 0 Å². The van der Waals surface area contributed by atoms with E-state index in [9.17, 15) is 14.4 Å². The van der Waals surface area contributed by atoms with Crippen molar-refractivity contribution in [2.75, 3.05) is 13.2 Å². The number of hydrogen-bond donors (Lipinski definition) is 0. The molecule has 0 aliphatic heterocycles. The van der Waals surface area contributed by atoms with Gasteiger partial charge in [0.2, 0.25) is 0 Å². The molecular weight excluding hydrogens is 588 g/mol. The average molecular weight is 667 g/mol. The third-order valence-electron chi connectivity index (χ3n) is 8.97. The molecule has 1 atom stereocenters. The van der Waals surface area contributed by atoms with Gasteiger partial charge in [-0.1, -0.05) is 176 Å². The average Bonchev–Trinajstić information content (AvgIpc) is 3.03. The zero-order valence-electron chi connectivity index (χ0n) is 31.9. The van der Waals surface area contributed by atoms with Crippen molar-refractivity contribution >= 4 is 17.9 Å².